The monoisotopic (exact) mass is 253 g/mol. The van der Waals surface area contributed by atoms with Crippen LogP contribution in [0.1, 0.15) is 11.1 Å². The van der Waals surface area contributed by atoms with Gasteiger partial charge in [-0.1, -0.05) is 6.07 Å². The van der Waals surface area contributed by atoms with Gasteiger partial charge >= 0.3 is 6.09 Å². The molecule has 0 bridgehead atoms. The van der Waals surface area contributed by atoms with Crippen LogP contribution in [0.5, 0.6) is 0 Å². The Kier molecular flexibility index (Phi) is 6.18. The number of aliphatic hydroxyl groups is 1. The Morgan fingerprint density at radius 2 is 1.83 bits per heavy atom. The molecule has 5 nitrogen and oxygen atoms in total. The summed E-state index contributed by atoms with van der Waals surface area (Å²) in [7, 11) is 0. The standard InChI is InChI=1S/C13H19NO4/c1-10-7-11(2)9-12(8-10)14-13(16)18-6-5-17-4-3-15/h7-9,15H,3-6H2,1-2H3,(H,14,16). The van der Waals surface area contributed by atoms with E-state index in [-0.39, 0.29) is 26.4 Å². The van der Waals surface area contributed by atoms with Crippen LogP contribution in [-0.2, 0) is 9.47 Å². The maximum Gasteiger partial charge on any atom is 0.411 e. The molecule has 0 saturated carbocycles. The molecule has 0 aliphatic carbocycles. The summed E-state index contributed by atoms with van der Waals surface area (Å²) < 4.78 is 9.88. The summed E-state index contributed by atoms with van der Waals surface area (Å²) in [5, 5.41) is 11.1. The summed E-state index contributed by atoms with van der Waals surface area (Å²) in [4.78, 5) is 11.4. The van der Waals surface area contributed by atoms with Crippen LogP contribution in [0.3, 0.4) is 0 Å². The molecule has 5 heteroatoms. The van der Waals surface area contributed by atoms with Gasteiger partial charge in [-0.3, -0.25) is 5.32 Å². The van der Waals surface area contributed by atoms with Crippen molar-refractivity contribution < 1.29 is 19.4 Å². The number of nitrogens with one attached hydrogen (secondary N) is 1. The summed E-state index contributed by atoms with van der Waals surface area (Å²) in [6, 6.07) is 5.77. The number of rotatable bonds is 6. The first-order chi connectivity index (χ1) is 8.61. The Labute approximate surface area is 107 Å². The van der Waals surface area contributed by atoms with Gasteiger partial charge in [0.1, 0.15) is 6.61 Å². The first-order valence-electron chi connectivity index (χ1n) is 5.82. The Balaban J connectivity index is 2.31. The summed E-state index contributed by atoms with van der Waals surface area (Å²) in [5.41, 5.74) is 2.88. The number of carbonyl (C=O) groups is 1. The molecular formula is C13H19NO4. The molecule has 0 unspecified atom stereocenters. The number of benzene rings is 1. The number of anilines is 1. The van der Waals surface area contributed by atoms with Crippen molar-refractivity contribution in [2.75, 3.05) is 31.7 Å². The van der Waals surface area contributed by atoms with E-state index < -0.39 is 6.09 Å². The normalized spacial score (nSPS) is 10.2. The van der Waals surface area contributed by atoms with Crippen LogP contribution in [-0.4, -0.2) is 37.6 Å². The Hall–Kier alpha value is -1.59. The lowest BCUT2D eigenvalue weighted by Crippen LogP contribution is -2.17. The van der Waals surface area contributed by atoms with Gasteiger partial charge in [-0.2, -0.15) is 0 Å². The molecule has 0 aliphatic rings. The highest BCUT2D eigenvalue weighted by Gasteiger charge is 2.03. The summed E-state index contributed by atoms with van der Waals surface area (Å²) in [5.74, 6) is 0. The molecule has 1 amide bonds. The molecule has 1 aromatic rings. The zero-order chi connectivity index (χ0) is 13.4. The van der Waals surface area contributed by atoms with E-state index >= 15 is 0 Å². The second-order valence-corrected chi connectivity index (χ2v) is 3.97. The third-order valence-electron chi connectivity index (χ3n) is 2.16. The number of hydrogen-bond acceptors (Lipinski definition) is 4. The van der Waals surface area contributed by atoms with Crippen molar-refractivity contribution >= 4 is 11.8 Å². The third kappa shape index (κ3) is 5.65. The third-order valence-corrected chi connectivity index (χ3v) is 2.16. The maximum atomic E-state index is 11.4. The van der Waals surface area contributed by atoms with Crippen molar-refractivity contribution in [3.8, 4) is 0 Å². The highest BCUT2D eigenvalue weighted by atomic mass is 16.6. The molecule has 0 radical (unpaired) electrons. The fraction of sp³-hybridized carbons (Fsp3) is 0.462. The molecule has 1 rings (SSSR count). The van der Waals surface area contributed by atoms with Crippen molar-refractivity contribution in [2.24, 2.45) is 0 Å². The van der Waals surface area contributed by atoms with Crippen molar-refractivity contribution in [1.82, 2.24) is 0 Å². The number of hydrogen-bond donors (Lipinski definition) is 2. The molecule has 0 fully saturated rings. The molecule has 0 aromatic heterocycles. The van der Waals surface area contributed by atoms with E-state index in [2.05, 4.69) is 5.32 Å². The van der Waals surface area contributed by atoms with Gasteiger partial charge in [0, 0.05) is 5.69 Å². The van der Waals surface area contributed by atoms with Gasteiger partial charge in [0.25, 0.3) is 0 Å². The van der Waals surface area contributed by atoms with E-state index in [0.717, 1.165) is 11.1 Å². The zero-order valence-corrected chi connectivity index (χ0v) is 10.7. The Morgan fingerprint density at radius 3 is 2.44 bits per heavy atom. The number of carbonyl (C=O) groups excluding carboxylic acids is 1. The average molecular weight is 253 g/mol. The molecule has 0 spiro atoms. The van der Waals surface area contributed by atoms with Crippen molar-refractivity contribution in [3.05, 3.63) is 29.3 Å². The number of aryl methyl sites for hydroxylation is 2. The van der Waals surface area contributed by atoms with Crippen molar-refractivity contribution in [3.63, 3.8) is 0 Å². The minimum Gasteiger partial charge on any atom is -0.447 e. The number of aliphatic hydroxyl groups excluding tert-OH is 1. The molecule has 100 valence electrons. The topological polar surface area (TPSA) is 67.8 Å². The van der Waals surface area contributed by atoms with E-state index in [1.54, 1.807) is 0 Å². The predicted molar refractivity (Wildman–Crippen MR) is 68.8 cm³/mol. The molecule has 1 aromatic carbocycles. The first-order valence-corrected chi connectivity index (χ1v) is 5.82. The lowest BCUT2D eigenvalue weighted by atomic mass is 10.1. The molecule has 18 heavy (non-hydrogen) atoms. The number of ether oxygens (including phenoxy) is 2. The molecule has 2 N–H and O–H groups in total. The fourth-order valence-corrected chi connectivity index (χ4v) is 1.56. The van der Waals surface area contributed by atoms with Crippen LogP contribution in [0.15, 0.2) is 18.2 Å². The van der Waals surface area contributed by atoms with E-state index in [9.17, 15) is 4.79 Å². The van der Waals surface area contributed by atoms with Gasteiger partial charge in [0.2, 0.25) is 0 Å². The van der Waals surface area contributed by atoms with Crippen LogP contribution < -0.4 is 5.32 Å². The zero-order valence-electron chi connectivity index (χ0n) is 10.7. The Bertz CT molecular complexity index is 372. The van der Waals surface area contributed by atoms with E-state index in [0.29, 0.717) is 5.69 Å². The van der Waals surface area contributed by atoms with Crippen LogP contribution in [0.4, 0.5) is 10.5 Å². The van der Waals surface area contributed by atoms with E-state index in [1.165, 1.54) is 0 Å². The number of amides is 1. The van der Waals surface area contributed by atoms with Gasteiger partial charge in [0.15, 0.2) is 0 Å². The predicted octanol–water partition coefficient (Wildman–Crippen LogP) is 1.86. The SMILES string of the molecule is Cc1cc(C)cc(NC(=O)OCCOCCO)c1. The highest BCUT2D eigenvalue weighted by molar-refractivity contribution is 5.84. The van der Waals surface area contributed by atoms with Crippen LogP contribution in [0.2, 0.25) is 0 Å². The fourth-order valence-electron chi connectivity index (χ4n) is 1.56. The summed E-state index contributed by atoms with van der Waals surface area (Å²) in [6.45, 7) is 4.59. The largest absolute Gasteiger partial charge is 0.447 e. The molecule has 0 atom stereocenters. The van der Waals surface area contributed by atoms with E-state index in [4.69, 9.17) is 14.6 Å². The lowest BCUT2D eigenvalue weighted by molar-refractivity contribution is 0.0572. The van der Waals surface area contributed by atoms with Crippen LogP contribution >= 0.6 is 0 Å². The van der Waals surface area contributed by atoms with Gasteiger partial charge in [0.05, 0.1) is 19.8 Å². The summed E-state index contributed by atoms with van der Waals surface area (Å²) >= 11 is 0. The first kappa shape index (κ1) is 14.5. The van der Waals surface area contributed by atoms with Gasteiger partial charge in [-0.05, 0) is 37.1 Å². The van der Waals surface area contributed by atoms with Crippen molar-refractivity contribution in [1.29, 1.82) is 0 Å². The minimum absolute atomic E-state index is 0.0330. The molecule has 0 aliphatic heterocycles. The van der Waals surface area contributed by atoms with Crippen molar-refractivity contribution in [2.45, 2.75) is 13.8 Å². The van der Waals surface area contributed by atoms with Gasteiger partial charge in [-0.15, -0.1) is 0 Å². The average Bonchev–Trinajstić information content (AvgIpc) is 2.27. The van der Waals surface area contributed by atoms with Crippen LogP contribution in [0.25, 0.3) is 0 Å². The van der Waals surface area contributed by atoms with Crippen LogP contribution in [0, 0.1) is 13.8 Å². The highest BCUT2D eigenvalue weighted by Crippen LogP contribution is 2.13. The maximum absolute atomic E-state index is 11.4. The second-order valence-electron chi connectivity index (χ2n) is 3.97. The quantitative estimate of drug-likeness (QED) is 0.759. The van der Waals surface area contributed by atoms with Gasteiger partial charge in [-0.25, -0.2) is 4.79 Å². The summed E-state index contributed by atoms with van der Waals surface area (Å²) in [6.07, 6.45) is -0.507. The van der Waals surface area contributed by atoms with Gasteiger partial charge < -0.3 is 14.6 Å². The Morgan fingerprint density at radius 1 is 1.17 bits per heavy atom. The smallest absolute Gasteiger partial charge is 0.411 e. The molecule has 0 saturated heterocycles. The minimum atomic E-state index is -0.507. The second kappa shape index (κ2) is 7.68. The molecular weight excluding hydrogens is 234 g/mol. The lowest BCUT2D eigenvalue weighted by Gasteiger charge is -2.08. The van der Waals surface area contributed by atoms with E-state index in [1.807, 2.05) is 32.0 Å². The molecule has 0 heterocycles.